The first-order valence-corrected chi connectivity index (χ1v) is 10.4. The van der Waals surface area contributed by atoms with E-state index in [1.54, 1.807) is 18.2 Å². The minimum atomic E-state index is -1.21. The Morgan fingerprint density at radius 2 is 1.74 bits per heavy atom. The number of halogens is 2. The van der Waals surface area contributed by atoms with Gasteiger partial charge in [0.2, 0.25) is 5.78 Å². The summed E-state index contributed by atoms with van der Waals surface area (Å²) in [5, 5.41) is 21.1. The number of rotatable bonds is 5. The van der Waals surface area contributed by atoms with E-state index in [0.717, 1.165) is 23.1 Å². The van der Waals surface area contributed by atoms with Gasteiger partial charge in [-0.25, -0.2) is 8.78 Å². The van der Waals surface area contributed by atoms with Gasteiger partial charge in [0.25, 0.3) is 5.91 Å². The molecular formula is C26H17F2NO6. The Hall–Kier alpha value is -4.66. The number of fused-ring (bicyclic) bond motifs is 1. The minimum absolute atomic E-state index is 0.0668. The van der Waals surface area contributed by atoms with Gasteiger partial charge in [-0.15, -0.1) is 0 Å². The lowest BCUT2D eigenvalue weighted by Crippen LogP contribution is -2.31. The lowest BCUT2D eigenvalue weighted by Gasteiger charge is -2.26. The van der Waals surface area contributed by atoms with E-state index in [9.17, 15) is 28.6 Å². The maximum atomic E-state index is 14.0. The van der Waals surface area contributed by atoms with E-state index in [0.29, 0.717) is 22.3 Å². The highest BCUT2D eigenvalue weighted by atomic mass is 19.2. The fourth-order valence-electron chi connectivity index (χ4n) is 4.15. The summed E-state index contributed by atoms with van der Waals surface area (Å²) < 4.78 is 38.6. The van der Waals surface area contributed by atoms with Crippen LogP contribution >= 0.6 is 0 Å². The Balaban J connectivity index is 1.67. The Morgan fingerprint density at radius 3 is 2.43 bits per heavy atom. The van der Waals surface area contributed by atoms with Crippen molar-refractivity contribution in [3.8, 4) is 11.5 Å². The smallest absolute Gasteiger partial charge is 0.294 e. The zero-order valence-electron chi connectivity index (χ0n) is 18.2. The first-order chi connectivity index (χ1) is 16.8. The number of phenolic OH excluding ortho intramolecular Hbond substituents is 1. The van der Waals surface area contributed by atoms with Gasteiger partial charge in [0.1, 0.15) is 5.75 Å². The van der Waals surface area contributed by atoms with Crippen LogP contribution in [0.1, 0.15) is 22.2 Å². The van der Waals surface area contributed by atoms with E-state index in [1.807, 2.05) is 0 Å². The molecule has 0 radical (unpaired) electrons. The highest BCUT2D eigenvalue weighted by Crippen LogP contribution is 2.43. The van der Waals surface area contributed by atoms with Crippen molar-refractivity contribution >= 4 is 28.3 Å². The SMILES string of the molecule is COc1cccc2cc(C(=O)C3=C(O)C(=O)N(c4ccc(F)c(F)c4)C3c3ccc(O)cc3)oc12. The third kappa shape index (κ3) is 3.57. The number of aliphatic hydroxyl groups excluding tert-OH is 1. The molecule has 1 amide bonds. The number of para-hydroxylation sites is 1. The van der Waals surface area contributed by atoms with E-state index in [4.69, 9.17) is 9.15 Å². The summed E-state index contributed by atoms with van der Waals surface area (Å²) in [6.07, 6.45) is 0. The molecule has 0 spiro atoms. The van der Waals surface area contributed by atoms with Crippen LogP contribution in [0.25, 0.3) is 11.0 Å². The number of aliphatic hydroxyl groups is 1. The second kappa shape index (κ2) is 8.28. The molecule has 176 valence electrons. The molecule has 0 saturated carbocycles. The summed E-state index contributed by atoms with van der Waals surface area (Å²) in [6.45, 7) is 0. The lowest BCUT2D eigenvalue weighted by molar-refractivity contribution is -0.117. The van der Waals surface area contributed by atoms with E-state index < -0.39 is 35.1 Å². The molecule has 0 bridgehead atoms. The van der Waals surface area contributed by atoms with Crippen LogP contribution in [0.2, 0.25) is 0 Å². The van der Waals surface area contributed by atoms with Crippen molar-refractivity contribution in [2.24, 2.45) is 0 Å². The van der Waals surface area contributed by atoms with Crippen molar-refractivity contribution in [2.75, 3.05) is 12.0 Å². The van der Waals surface area contributed by atoms with Gasteiger partial charge in [-0.1, -0.05) is 24.3 Å². The number of hydrogen-bond donors (Lipinski definition) is 2. The number of anilines is 1. The molecule has 1 unspecified atom stereocenters. The minimum Gasteiger partial charge on any atom is -0.508 e. The summed E-state index contributed by atoms with van der Waals surface area (Å²) in [7, 11) is 1.45. The number of ketones is 1. The summed E-state index contributed by atoms with van der Waals surface area (Å²) in [4.78, 5) is 27.7. The summed E-state index contributed by atoms with van der Waals surface area (Å²) >= 11 is 0. The quantitative estimate of drug-likeness (QED) is 0.383. The monoisotopic (exact) mass is 477 g/mol. The second-order valence-corrected chi connectivity index (χ2v) is 7.85. The largest absolute Gasteiger partial charge is 0.508 e. The Kier molecular flexibility index (Phi) is 5.24. The highest BCUT2D eigenvalue weighted by Gasteiger charge is 2.45. The van der Waals surface area contributed by atoms with Crippen LogP contribution in [-0.2, 0) is 4.79 Å². The van der Waals surface area contributed by atoms with Crippen LogP contribution in [0.3, 0.4) is 0 Å². The molecule has 0 saturated heterocycles. The van der Waals surface area contributed by atoms with Crippen molar-refractivity contribution in [1.82, 2.24) is 0 Å². The number of carbonyl (C=O) groups excluding carboxylic acids is 2. The number of ether oxygens (including phenoxy) is 1. The summed E-state index contributed by atoms with van der Waals surface area (Å²) in [6, 6.07) is 13.7. The van der Waals surface area contributed by atoms with E-state index in [1.165, 1.54) is 37.4 Å². The van der Waals surface area contributed by atoms with Crippen molar-refractivity contribution < 1.29 is 37.7 Å². The van der Waals surface area contributed by atoms with Crippen LogP contribution in [0.15, 0.2) is 82.5 Å². The lowest BCUT2D eigenvalue weighted by atomic mass is 9.94. The standard InChI is InChI=1S/C26H17F2NO6/c1-34-19-4-2-3-14-11-20(35-25(14)19)23(31)21-22(13-5-8-16(30)9-6-13)29(26(33)24(21)32)15-7-10-17(27)18(28)12-15/h2-12,22,30,32H,1H3. The van der Waals surface area contributed by atoms with Crippen LogP contribution in [0.5, 0.6) is 11.5 Å². The number of carbonyl (C=O) groups is 2. The molecule has 5 rings (SSSR count). The average Bonchev–Trinajstić information content (AvgIpc) is 3.40. The average molecular weight is 477 g/mol. The third-order valence-electron chi connectivity index (χ3n) is 5.79. The molecule has 3 aromatic carbocycles. The topological polar surface area (TPSA) is 100 Å². The number of hydrogen-bond acceptors (Lipinski definition) is 6. The van der Waals surface area contributed by atoms with E-state index in [-0.39, 0.29) is 22.8 Å². The third-order valence-corrected chi connectivity index (χ3v) is 5.79. The number of phenols is 1. The molecule has 1 aliphatic rings. The summed E-state index contributed by atoms with van der Waals surface area (Å²) in [5.41, 5.74) is 0.249. The van der Waals surface area contributed by atoms with Gasteiger partial charge >= 0.3 is 0 Å². The molecule has 1 atom stereocenters. The molecular weight excluding hydrogens is 460 g/mol. The van der Waals surface area contributed by atoms with Gasteiger partial charge in [-0.3, -0.25) is 14.5 Å². The molecule has 1 aliphatic heterocycles. The maximum absolute atomic E-state index is 14.0. The van der Waals surface area contributed by atoms with Crippen molar-refractivity contribution in [3.63, 3.8) is 0 Å². The predicted octanol–water partition coefficient (Wildman–Crippen LogP) is 5.21. The Morgan fingerprint density at radius 1 is 1.00 bits per heavy atom. The molecule has 2 N–H and O–H groups in total. The predicted molar refractivity (Wildman–Crippen MR) is 121 cm³/mol. The number of nitrogens with zero attached hydrogens (tertiary/aromatic N) is 1. The zero-order chi connectivity index (χ0) is 24.9. The van der Waals surface area contributed by atoms with Crippen LogP contribution in [0, 0.1) is 11.6 Å². The number of methoxy groups -OCH3 is 1. The van der Waals surface area contributed by atoms with E-state index in [2.05, 4.69) is 0 Å². The van der Waals surface area contributed by atoms with E-state index >= 15 is 0 Å². The van der Waals surface area contributed by atoms with Gasteiger partial charge < -0.3 is 19.4 Å². The maximum Gasteiger partial charge on any atom is 0.294 e. The van der Waals surface area contributed by atoms with Gasteiger partial charge in [0, 0.05) is 17.1 Å². The molecule has 0 aliphatic carbocycles. The number of aromatic hydroxyl groups is 1. The fraction of sp³-hybridized carbons (Fsp3) is 0.0769. The first kappa shape index (κ1) is 22.1. The number of Topliss-reactive ketones (excluding diaryl/α,β-unsaturated/α-hetero) is 1. The van der Waals surface area contributed by atoms with Gasteiger partial charge in [0.05, 0.1) is 18.7 Å². The molecule has 0 fully saturated rings. The molecule has 35 heavy (non-hydrogen) atoms. The van der Waals surface area contributed by atoms with Crippen molar-refractivity contribution in [2.45, 2.75) is 6.04 Å². The fourth-order valence-corrected chi connectivity index (χ4v) is 4.15. The molecule has 1 aromatic heterocycles. The Bertz CT molecular complexity index is 1520. The van der Waals surface area contributed by atoms with Crippen LogP contribution in [-0.4, -0.2) is 29.0 Å². The van der Waals surface area contributed by atoms with Crippen molar-refractivity contribution in [1.29, 1.82) is 0 Å². The molecule has 9 heteroatoms. The van der Waals surface area contributed by atoms with Crippen LogP contribution in [0.4, 0.5) is 14.5 Å². The first-order valence-electron chi connectivity index (χ1n) is 10.4. The van der Waals surface area contributed by atoms with Gasteiger partial charge in [-0.05, 0) is 42.0 Å². The highest BCUT2D eigenvalue weighted by molar-refractivity contribution is 6.20. The van der Waals surface area contributed by atoms with Gasteiger partial charge in [0.15, 0.2) is 34.5 Å². The van der Waals surface area contributed by atoms with Crippen molar-refractivity contribution in [3.05, 3.63) is 101 Å². The second-order valence-electron chi connectivity index (χ2n) is 7.85. The van der Waals surface area contributed by atoms with Crippen LogP contribution < -0.4 is 9.64 Å². The Labute approximate surface area is 197 Å². The van der Waals surface area contributed by atoms with Gasteiger partial charge in [-0.2, -0.15) is 0 Å². The number of benzene rings is 3. The zero-order valence-corrected chi connectivity index (χ0v) is 18.2. The molecule has 2 heterocycles. The number of furan rings is 1. The number of amides is 1. The normalized spacial score (nSPS) is 15.8. The summed E-state index contributed by atoms with van der Waals surface area (Å²) in [5.74, 6) is -4.78. The molecule has 4 aromatic rings. The molecule has 7 nitrogen and oxygen atoms in total.